The van der Waals surface area contributed by atoms with Crippen LogP contribution in [0.5, 0.6) is 0 Å². The fourth-order valence-corrected chi connectivity index (χ4v) is 3.42. The number of nitrogens with zero attached hydrogens (tertiary/aromatic N) is 3. The molecule has 1 aliphatic heterocycles. The summed E-state index contributed by atoms with van der Waals surface area (Å²) in [5, 5.41) is 12.4. The molecule has 0 unspecified atom stereocenters. The van der Waals surface area contributed by atoms with E-state index in [1.165, 1.54) is 0 Å². The number of rotatable bonds is 5. The lowest BCUT2D eigenvalue weighted by atomic mass is 10.2. The van der Waals surface area contributed by atoms with E-state index >= 15 is 0 Å². The number of hydrogen-bond acceptors (Lipinski definition) is 6. The van der Waals surface area contributed by atoms with Crippen LogP contribution in [0, 0.1) is 0 Å². The minimum Gasteiger partial charge on any atom is -0.369 e. The highest BCUT2D eigenvalue weighted by atomic mass is 32.2. The lowest BCUT2D eigenvalue weighted by Gasteiger charge is -2.24. The topological polar surface area (TPSA) is 86.1 Å². The van der Waals surface area contributed by atoms with Crippen LogP contribution in [0.15, 0.2) is 16.8 Å². The molecule has 0 spiro atoms. The van der Waals surface area contributed by atoms with E-state index in [2.05, 4.69) is 15.0 Å². The Morgan fingerprint density at radius 1 is 1.57 bits per heavy atom. The third-order valence-electron chi connectivity index (χ3n) is 3.38. The fourth-order valence-electron chi connectivity index (χ4n) is 2.13. The first-order valence-corrected chi connectivity index (χ1v) is 9.22. The number of sulfonamides is 1. The van der Waals surface area contributed by atoms with Gasteiger partial charge in [0.15, 0.2) is 0 Å². The van der Waals surface area contributed by atoms with E-state index in [1.807, 2.05) is 16.8 Å². The normalized spacial score (nSPS) is 18.6. The molecule has 0 radical (unpaired) electrons. The quantitative estimate of drug-likeness (QED) is 0.879. The summed E-state index contributed by atoms with van der Waals surface area (Å²) in [4.78, 5) is 0. The number of thiophene rings is 1. The third kappa shape index (κ3) is 3.15. The SMILES string of the molecule is CCS(=O)(=O)NC[C@H]1Cn2nnc(-c3ccsc3)c2CO1. The van der Waals surface area contributed by atoms with Crippen molar-refractivity contribution in [2.75, 3.05) is 12.3 Å². The molecule has 9 heteroatoms. The molecule has 2 aromatic heterocycles. The monoisotopic (exact) mass is 328 g/mol. The zero-order valence-corrected chi connectivity index (χ0v) is 13.2. The summed E-state index contributed by atoms with van der Waals surface area (Å²) in [7, 11) is -3.20. The highest BCUT2D eigenvalue weighted by Crippen LogP contribution is 2.26. The summed E-state index contributed by atoms with van der Waals surface area (Å²) in [6.45, 7) is 2.74. The molecular weight excluding hydrogens is 312 g/mol. The Morgan fingerprint density at radius 2 is 2.43 bits per heavy atom. The Balaban J connectivity index is 1.70. The van der Waals surface area contributed by atoms with Gasteiger partial charge in [0.1, 0.15) is 5.69 Å². The van der Waals surface area contributed by atoms with Gasteiger partial charge in [-0.25, -0.2) is 17.8 Å². The largest absolute Gasteiger partial charge is 0.369 e. The maximum atomic E-state index is 11.4. The fraction of sp³-hybridized carbons (Fsp3) is 0.500. The summed E-state index contributed by atoms with van der Waals surface area (Å²) in [5.74, 6) is 0.0661. The molecule has 0 aromatic carbocycles. The number of aromatic nitrogens is 3. The van der Waals surface area contributed by atoms with Crippen molar-refractivity contribution < 1.29 is 13.2 Å². The second-order valence-corrected chi connectivity index (χ2v) is 7.64. The second kappa shape index (κ2) is 5.84. The molecule has 1 atom stereocenters. The summed E-state index contributed by atoms with van der Waals surface area (Å²) in [6.07, 6.45) is -0.226. The smallest absolute Gasteiger partial charge is 0.211 e. The van der Waals surface area contributed by atoms with Gasteiger partial charge in [-0.05, 0) is 18.4 Å². The molecule has 0 bridgehead atoms. The first-order valence-electron chi connectivity index (χ1n) is 6.63. The first-order chi connectivity index (χ1) is 10.1. The molecule has 21 heavy (non-hydrogen) atoms. The van der Waals surface area contributed by atoms with E-state index in [1.54, 1.807) is 22.9 Å². The number of ether oxygens (including phenoxy) is 1. The Bertz CT molecular complexity index is 709. The number of nitrogens with one attached hydrogen (secondary N) is 1. The molecule has 1 N–H and O–H groups in total. The van der Waals surface area contributed by atoms with Crippen LogP contribution < -0.4 is 4.72 Å². The van der Waals surface area contributed by atoms with E-state index in [4.69, 9.17) is 4.74 Å². The average Bonchev–Trinajstić information content (AvgIpc) is 3.13. The van der Waals surface area contributed by atoms with Crippen LogP contribution in [0.2, 0.25) is 0 Å². The van der Waals surface area contributed by atoms with Crippen molar-refractivity contribution in [3.05, 3.63) is 22.5 Å². The van der Waals surface area contributed by atoms with Crippen molar-refractivity contribution in [3.63, 3.8) is 0 Å². The Labute approximate surface area is 127 Å². The van der Waals surface area contributed by atoms with Gasteiger partial charge >= 0.3 is 0 Å². The lowest BCUT2D eigenvalue weighted by molar-refractivity contribution is 0.00432. The van der Waals surface area contributed by atoms with E-state index in [-0.39, 0.29) is 18.4 Å². The van der Waals surface area contributed by atoms with E-state index in [9.17, 15) is 8.42 Å². The van der Waals surface area contributed by atoms with E-state index in [0.29, 0.717) is 13.2 Å². The van der Waals surface area contributed by atoms with Crippen LogP contribution in [0.3, 0.4) is 0 Å². The Kier molecular flexibility index (Phi) is 4.07. The molecule has 0 fully saturated rings. The Morgan fingerprint density at radius 3 is 3.14 bits per heavy atom. The van der Waals surface area contributed by atoms with Crippen LogP contribution in [0.25, 0.3) is 11.3 Å². The van der Waals surface area contributed by atoms with Gasteiger partial charge in [-0.1, -0.05) is 5.21 Å². The van der Waals surface area contributed by atoms with Gasteiger partial charge in [-0.3, -0.25) is 0 Å². The molecule has 2 aromatic rings. The summed E-state index contributed by atoms with van der Waals surface area (Å²) in [6, 6.07) is 2.00. The standard InChI is InChI=1S/C12H16N4O3S2/c1-2-21(17,18)13-5-10-6-16-11(7-19-10)12(14-15-16)9-3-4-20-8-9/h3-4,8,10,13H,2,5-7H2,1H3/t10-/m0/s1. The molecule has 0 amide bonds. The maximum absolute atomic E-state index is 11.4. The van der Waals surface area contributed by atoms with Crippen LogP contribution >= 0.6 is 11.3 Å². The van der Waals surface area contributed by atoms with Crippen LogP contribution in [0.4, 0.5) is 0 Å². The van der Waals surface area contributed by atoms with Gasteiger partial charge in [-0.2, -0.15) is 11.3 Å². The van der Waals surface area contributed by atoms with Crippen molar-refractivity contribution in [1.82, 2.24) is 19.7 Å². The molecule has 0 aliphatic carbocycles. The predicted molar refractivity (Wildman–Crippen MR) is 79.4 cm³/mol. The lowest BCUT2D eigenvalue weighted by Crippen LogP contribution is -2.39. The summed E-state index contributed by atoms with van der Waals surface area (Å²) >= 11 is 1.61. The minimum absolute atomic E-state index is 0.0661. The highest BCUT2D eigenvalue weighted by molar-refractivity contribution is 7.89. The zero-order valence-electron chi connectivity index (χ0n) is 11.5. The van der Waals surface area contributed by atoms with Gasteiger partial charge in [-0.15, -0.1) is 5.10 Å². The summed E-state index contributed by atoms with van der Waals surface area (Å²) < 4.78 is 32.9. The van der Waals surface area contributed by atoms with Gasteiger partial charge in [0.2, 0.25) is 10.0 Å². The van der Waals surface area contributed by atoms with Crippen molar-refractivity contribution >= 4 is 21.4 Å². The van der Waals surface area contributed by atoms with Crippen LogP contribution in [-0.2, 0) is 27.9 Å². The first kappa shape index (κ1) is 14.6. The molecule has 3 rings (SSSR count). The van der Waals surface area contributed by atoms with Crippen molar-refractivity contribution in [1.29, 1.82) is 0 Å². The van der Waals surface area contributed by atoms with Crippen molar-refractivity contribution in [3.8, 4) is 11.3 Å². The highest BCUT2D eigenvalue weighted by Gasteiger charge is 2.25. The molecule has 7 nitrogen and oxygen atoms in total. The molecule has 3 heterocycles. The van der Waals surface area contributed by atoms with Gasteiger partial charge < -0.3 is 4.74 Å². The molecule has 0 saturated carbocycles. The van der Waals surface area contributed by atoms with Crippen LogP contribution in [0.1, 0.15) is 12.6 Å². The maximum Gasteiger partial charge on any atom is 0.211 e. The molecular formula is C12H16N4O3S2. The average molecular weight is 328 g/mol. The minimum atomic E-state index is -3.20. The van der Waals surface area contributed by atoms with E-state index in [0.717, 1.165) is 17.0 Å². The molecule has 114 valence electrons. The molecule has 1 aliphatic rings. The van der Waals surface area contributed by atoms with Gasteiger partial charge in [0.05, 0.1) is 30.7 Å². The summed E-state index contributed by atoms with van der Waals surface area (Å²) in [5.41, 5.74) is 2.81. The van der Waals surface area contributed by atoms with Gasteiger partial charge in [0.25, 0.3) is 0 Å². The number of hydrogen-bond donors (Lipinski definition) is 1. The van der Waals surface area contributed by atoms with Gasteiger partial charge in [0, 0.05) is 17.5 Å². The third-order valence-corrected chi connectivity index (χ3v) is 5.43. The predicted octanol–water partition coefficient (Wildman–Crippen LogP) is 0.845. The Hall–Kier alpha value is -1.29. The molecule has 0 saturated heterocycles. The number of fused-ring (bicyclic) bond motifs is 1. The second-order valence-electron chi connectivity index (χ2n) is 4.76. The van der Waals surface area contributed by atoms with Crippen LogP contribution in [-0.4, -0.2) is 41.8 Å². The van der Waals surface area contributed by atoms with E-state index < -0.39 is 10.0 Å². The zero-order chi connectivity index (χ0) is 14.9. The van der Waals surface area contributed by atoms with Crippen molar-refractivity contribution in [2.45, 2.75) is 26.2 Å². The van der Waals surface area contributed by atoms with Crippen molar-refractivity contribution in [2.24, 2.45) is 0 Å².